The standard InChI is InChI=1S/C47H60O2/c1-30(2)9-6-10-31(3)40-23-24-41-39-22-20-36-29-37(25-27-46(36,4)42(39)26-28-47(40,41)5)49-43(48)14-8-11-32-15-16-35-18-17-33-12-7-13-34-19-21-38(32)45(35)44(33)34/h7,12-13,15-21,30-31,37,39-42H,6,8-11,14,22-29H2,1-5H3/t31-,37?,39+,40-,41+,42+,46+,47-/m1/s1. The van der Waals surface area contributed by atoms with E-state index in [9.17, 15) is 4.79 Å². The van der Waals surface area contributed by atoms with E-state index in [1.807, 2.05) is 0 Å². The molecule has 2 heteroatoms. The van der Waals surface area contributed by atoms with E-state index in [1.54, 1.807) is 5.57 Å². The van der Waals surface area contributed by atoms with E-state index in [-0.39, 0.29) is 12.1 Å². The van der Waals surface area contributed by atoms with Crippen LogP contribution in [0.15, 0.2) is 66.2 Å². The number of hydrogen-bond donors (Lipinski definition) is 0. The normalized spacial score (nSPS) is 31.9. The van der Waals surface area contributed by atoms with Crippen molar-refractivity contribution < 1.29 is 9.53 Å². The highest BCUT2D eigenvalue weighted by atomic mass is 16.5. The predicted molar refractivity (Wildman–Crippen MR) is 206 cm³/mol. The second-order valence-corrected chi connectivity index (χ2v) is 18.1. The molecule has 260 valence electrons. The third-order valence-electron chi connectivity index (χ3n) is 15.0. The first-order chi connectivity index (χ1) is 23.7. The molecule has 2 nitrogen and oxygen atoms in total. The third-order valence-corrected chi connectivity index (χ3v) is 15.0. The summed E-state index contributed by atoms with van der Waals surface area (Å²) in [7, 11) is 0. The van der Waals surface area contributed by atoms with Crippen molar-refractivity contribution in [2.45, 2.75) is 131 Å². The van der Waals surface area contributed by atoms with Gasteiger partial charge in [-0.2, -0.15) is 0 Å². The Hall–Kier alpha value is -2.87. The minimum Gasteiger partial charge on any atom is -0.462 e. The Morgan fingerprint density at radius 3 is 2.37 bits per heavy atom. The van der Waals surface area contributed by atoms with Crippen LogP contribution in [0.4, 0.5) is 0 Å². The number of ether oxygens (including phenoxy) is 1. The molecular formula is C47H60O2. The summed E-state index contributed by atoms with van der Waals surface area (Å²) >= 11 is 0. The number of rotatable bonds is 10. The van der Waals surface area contributed by atoms with Gasteiger partial charge in [-0.25, -0.2) is 0 Å². The third kappa shape index (κ3) is 5.82. The van der Waals surface area contributed by atoms with Gasteiger partial charge in [-0.1, -0.05) is 120 Å². The highest BCUT2D eigenvalue weighted by Crippen LogP contribution is 2.67. The average Bonchev–Trinajstić information content (AvgIpc) is 3.45. The number of carbonyl (C=O) groups is 1. The minimum atomic E-state index is -0.00598. The van der Waals surface area contributed by atoms with E-state index >= 15 is 0 Å². The Balaban J connectivity index is 0.878. The summed E-state index contributed by atoms with van der Waals surface area (Å²) in [5.74, 6) is 5.14. The molecule has 1 unspecified atom stereocenters. The molecule has 0 spiro atoms. The van der Waals surface area contributed by atoms with E-state index in [2.05, 4.69) is 95.3 Å². The van der Waals surface area contributed by atoms with Crippen LogP contribution in [-0.2, 0) is 16.0 Å². The van der Waals surface area contributed by atoms with E-state index in [0.717, 1.165) is 61.2 Å². The topological polar surface area (TPSA) is 26.3 Å². The van der Waals surface area contributed by atoms with E-state index in [1.165, 1.54) is 95.7 Å². The Labute approximate surface area is 295 Å². The van der Waals surface area contributed by atoms with Crippen molar-refractivity contribution in [3.05, 3.63) is 71.8 Å². The smallest absolute Gasteiger partial charge is 0.306 e. The lowest BCUT2D eigenvalue weighted by molar-refractivity contribution is -0.151. The van der Waals surface area contributed by atoms with Gasteiger partial charge in [0.2, 0.25) is 0 Å². The van der Waals surface area contributed by atoms with Gasteiger partial charge in [0.25, 0.3) is 0 Å². The van der Waals surface area contributed by atoms with Crippen LogP contribution in [0.5, 0.6) is 0 Å². The zero-order chi connectivity index (χ0) is 33.9. The fourth-order valence-corrected chi connectivity index (χ4v) is 12.4. The van der Waals surface area contributed by atoms with Crippen molar-refractivity contribution in [1.29, 1.82) is 0 Å². The monoisotopic (exact) mass is 656 g/mol. The van der Waals surface area contributed by atoms with Gasteiger partial charge in [-0.05, 0) is 142 Å². The largest absolute Gasteiger partial charge is 0.462 e. The maximum absolute atomic E-state index is 13.2. The molecule has 4 aliphatic carbocycles. The van der Waals surface area contributed by atoms with Gasteiger partial charge >= 0.3 is 5.97 Å². The van der Waals surface area contributed by atoms with Crippen molar-refractivity contribution >= 4 is 38.3 Å². The molecule has 0 heterocycles. The predicted octanol–water partition coefficient (Wildman–Crippen LogP) is 12.9. The molecule has 4 aliphatic rings. The molecule has 0 N–H and O–H groups in total. The molecule has 0 radical (unpaired) electrons. The lowest BCUT2D eigenvalue weighted by Gasteiger charge is -2.58. The maximum Gasteiger partial charge on any atom is 0.306 e. The molecule has 49 heavy (non-hydrogen) atoms. The molecule has 4 aromatic rings. The second-order valence-electron chi connectivity index (χ2n) is 18.1. The summed E-state index contributed by atoms with van der Waals surface area (Å²) < 4.78 is 6.23. The van der Waals surface area contributed by atoms with Gasteiger partial charge in [0, 0.05) is 12.8 Å². The molecule has 3 saturated carbocycles. The Bertz CT molecular complexity index is 1830. The molecule has 0 amide bonds. The first-order valence-corrected chi connectivity index (χ1v) is 20.2. The van der Waals surface area contributed by atoms with Crippen molar-refractivity contribution in [1.82, 2.24) is 0 Å². The fraction of sp³-hybridized carbons (Fsp3) is 0.596. The lowest BCUT2D eigenvalue weighted by atomic mass is 9.47. The Morgan fingerprint density at radius 1 is 0.816 bits per heavy atom. The van der Waals surface area contributed by atoms with E-state index in [4.69, 9.17) is 4.74 Å². The molecule has 8 atom stereocenters. The maximum atomic E-state index is 13.2. The van der Waals surface area contributed by atoms with Crippen molar-refractivity contribution in [2.24, 2.45) is 46.3 Å². The summed E-state index contributed by atoms with van der Waals surface area (Å²) in [5, 5.41) is 7.96. The van der Waals surface area contributed by atoms with Crippen molar-refractivity contribution in [3.8, 4) is 0 Å². The Kier molecular flexibility index (Phi) is 8.85. The fourth-order valence-electron chi connectivity index (χ4n) is 12.4. The van der Waals surface area contributed by atoms with Gasteiger partial charge in [-0.15, -0.1) is 0 Å². The first-order valence-electron chi connectivity index (χ1n) is 20.2. The van der Waals surface area contributed by atoms with Crippen molar-refractivity contribution in [2.75, 3.05) is 0 Å². The number of benzene rings is 4. The SMILES string of the molecule is CC(C)CCC[C@@H](C)[C@H]1CC[C@H]2[C@@H]3CC=C4CC(OC(=O)CCCc5ccc6ccc7cccc8ccc5c6c78)CC[C@]4(C)[C@H]3CC[C@]12C. The summed E-state index contributed by atoms with van der Waals surface area (Å²) in [6, 6.07) is 20.1. The molecular weight excluding hydrogens is 597 g/mol. The molecule has 0 aromatic heterocycles. The summed E-state index contributed by atoms with van der Waals surface area (Å²) in [6.07, 6.45) is 19.3. The number of hydrogen-bond acceptors (Lipinski definition) is 2. The molecule has 3 fully saturated rings. The lowest BCUT2D eigenvalue weighted by Crippen LogP contribution is -2.51. The number of fused-ring (bicyclic) bond motifs is 5. The van der Waals surface area contributed by atoms with Crippen molar-refractivity contribution in [3.63, 3.8) is 0 Å². The number of esters is 1. The van der Waals surface area contributed by atoms with Gasteiger partial charge in [0.1, 0.15) is 6.10 Å². The van der Waals surface area contributed by atoms with Gasteiger partial charge < -0.3 is 4.74 Å². The van der Waals surface area contributed by atoms with Crippen LogP contribution in [0.25, 0.3) is 32.3 Å². The van der Waals surface area contributed by atoms with Crippen LogP contribution < -0.4 is 0 Å². The highest BCUT2D eigenvalue weighted by Gasteiger charge is 2.59. The van der Waals surface area contributed by atoms with E-state index in [0.29, 0.717) is 17.3 Å². The quantitative estimate of drug-likeness (QED) is 0.0964. The van der Waals surface area contributed by atoms with Crippen LogP contribution in [0, 0.1) is 46.3 Å². The van der Waals surface area contributed by atoms with Gasteiger partial charge in [0.05, 0.1) is 0 Å². The zero-order valence-corrected chi connectivity index (χ0v) is 31.0. The average molecular weight is 657 g/mol. The summed E-state index contributed by atoms with van der Waals surface area (Å²) in [5.41, 5.74) is 3.78. The van der Waals surface area contributed by atoms with Crippen LogP contribution in [0.2, 0.25) is 0 Å². The number of allylic oxidation sites excluding steroid dienone is 1. The van der Waals surface area contributed by atoms with Crippen LogP contribution in [0.3, 0.4) is 0 Å². The molecule has 0 saturated heterocycles. The van der Waals surface area contributed by atoms with Crippen LogP contribution in [-0.4, -0.2) is 12.1 Å². The Morgan fingerprint density at radius 2 is 1.57 bits per heavy atom. The summed E-state index contributed by atoms with van der Waals surface area (Å²) in [6.45, 7) is 12.6. The second kappa shape index (κ2) is 13.0. The molecule has 4 aromatic carbocycles. The molecule has 8 rings (SSSR count). The van der Waals surface area contributed by atoms with Crippen LogP contribution in [0.1, 0.15) is 124 Å². The first kappa shape index (κ1) is 33.3. The van der Waals surface area contributed by atoms with Gasteiger partial charge in [-0.3, -0.25) is 4.79 Å². The number of aryl methyl sites for hydroxylation is 1. The summed E-state index contributed by atoms with van der Waals surface area (Å²) in [4.78, 5) is 13.2. The molecule has 0 bridgehead atoms. The highest BCUT2D eigenvalue weighted by molar-refractivity contribution is 6.23. The van der Waals surface area contributed by atoms with E-state index < -0.39 is 0 Å². The molecule has 0 aliphatic heterocycles. The van der Waals surface area contributed by atoms with Crippen LogP contribution >= 0.6 is 0 Å². The number of carbonyl (C=O) groups excluding carboxylic acids is 1. The van der Waals surface area contributed by atoms with Gasteiger partial charge in [0.15, 0.2) is 0 Å². The zero-order valence-electron chi connectivity index (χ0n) is 31.0. The minimum absolute atomic E-state index is 0.00598.